The van der Waals surface area contributed by atoms with Crippen LogP contribution in [0, 0.1) is 0 Å². The minimum Gasteiger partial charge on any atom is -0.493 e. The fourth-order valence-corrected chi connectivity index (χ4v) is 2.69. The Morgan fingerprint density at radius 2 is 1.76 bits per heavy atom. The number of hydrogen-bond donors (Lipinski definition) is 2. The molecular weight excluding hydrogens is 386 g/mol. The lowest BCUT2D eigenvalue weighted by molar-refractivity contribution is -0.127. The molecule has 154 valence electrons. The van der Waals surface area contributed by atoms with Crippen molar-refractivity contribution in [2.45, 2.75) is 26.2 Å². The van der Waals surface area contributed by atoms with Crippen LogP contribution in [-0.2, 0) is 11.2 Å². The van der Waals surface area contributed by atoms with E-state index in [1.54, 1.807) is 37.2 Å². The van der Waals surface area contributed by atoms with E-state index in [1.807, 2.05) is 30.3 Å². The van der Waals surface area contributed by atoms with E-state index in [0.29, 0.717) is 24.3 Å². The molecule has 0 unspecified atom stereocenters. The molecule has 2 aromatic carbocycles. The minimum atomic E-state index is -0.331. The quantitative estimate of drug-likeness (QED) is 0.511. The number of carbonyl (C=O) groups excluding carboxylic acids is 2. The Hall–Kier alpha value is -2.93. The van der Waals surface area contributed by atoms with Crippen LogP contribution in [-0.4, -0.2) is 42.5 Å². The zero-order valence-corrected chi connectivity index (χ0v) is 17.8. The molecule has 2 N–H and O–H groups in total. The maximum absolute atomic E-state index is 12.6. The molecule has 0 aromatic heterocycles. The van der Waals surface area contributed by atoms with Gasteiger partial charge in [0.2, 0.25) is 5.91 Å². The first-order valence-electron chi connectivity index (χ1n) is 9.54. The van der Waals surface area contributed by atoms with Gasteiger partial charge in [-0.1, -0.05) is 37.6 Å². The summed E-state index contributed by atoms with van der Waals surface area (Å²) in [4.78, 5) is 25.9. The number of anilines is 1. The van der Waals surface area contributed by atoms with Crippen molar-refractivity contribution in [3.8, 4) is 5.75 Å². The Balaban J connectivity index is 1.94. The lowest BCUT2D eigenvalue weighted by Crippen LogP contribution is -2.34. The minimum absolute atomic E-state index is 0.0355. The number of rotatable bonds is 8. The summed E-state index contributed by atoms with van der Waals surface area (Å²) < 4.78 is 5.70. The van der Waals surface area contributed by atoms with Crippen LogP contribution < -0.4 is 15.4 Å². The molecular formula is C22H27N3O3S. The normalized spacial score (nSPS) is 10.2. The number of benzene rings is 2. The maximum Gasteiger partial charge on any atom is 0.261 e. The third-order valence-corrected chi connectivity index (χ3v) is 4.38. The van der Waals surface area contributed by atoms with Crippen molar-refractivity contribution in [3.05, 3.63) is 59.7 Å². The Labute approximate surface area is 177 Å². The molecule has 0 bridgehead atoms. The van der Waals surface area contributed by atoms with Gasteiger partial charge in [-0.15, -0.1) is 0 Å². The number of nitrogens with one attached hydrogen (secondary N) is 2. The van der Waals surface area contributed by atoms with Gasteiger partial charge in [0.1, 0.15) is 5.75 Å². The molecule has 0 saturated heterocycles. The molecule has 2 rings (SSSR count). The molecule has 0 heterocycles. The lowest BCUT2D eigenvalue weighted by Gasteiger charge is -2.13. The molecule has 0 aliphatic heterocycles. The second-order valence-corrected chi connectivity index (χ2v) is 7.18. The Bertz CT molecular complexity index is 851. The molecule has 2 amide bonds. The van der Waals surface area contributed by atoms with Gasteiger partial charge in [0.15, 0.2) is 5.11 Å². The molecule has 0 saturated carbocycles. The average Bonchev–Trinajstić information content (AvgIpc) is 2.69. The summed E-state index contributed by atoms with van der Waals surface area (Å²) in [7, 11) is 3.46. The molecule has 0 atom stereocenters. The van der Waals surface area contributed by atoms with Gasteiger partial charge in [-0.25, -0.2) is 0 Å². The van der Waals surface area contributed by atoms with Crippen LogP contribution in [0.5, 0.6) is 5.75 Å². The highest BCUT2D eigenvalue weighted by Crippen LogP contribution is 2.18. The van der Waals surface area contributed by atoms with Crippen molar-refractivity contribution >= 4 is 34.8 Å². The van der Waals surface area contributed by atoms with Gasteiger partial charge in [-0.2, -0.15) is 0 Å². The number of carbonyl (C=O) groups is 2. The van der Waals surface area contributed by atoms with Gasteiger partial charge in [-0.3, -0.25) is 14.9 Å². The molecule has 2 aromatic rings. The van der Waals surface area contributed by atoms with Gasteiger partial charge in [0.05, 0.1) is 18.6 Å². The Morgan fingerprint density at radius 3 is 2.41 bits per heavy atom. The summed E-state index contributed by atoms with van der Waals surface area (Å²) in [6, 6.07) is 14.4. The van der Waals surface area contributed by atoms with E-state index in [9.17, 15) is 9.59 Å². The molecule has 6 nitrogen and oxygen atoms in total. The lowest BCUT2D eigenvalue weighted by atomic mass is 10.1. The van der Waals surface area contributed by atoms with E-state index in [2.05, 4.69) is 17.6 Å². The monoisotopic (exact) mass is 413 g/mol. The number of ether oxygens (including phenoxy) is 1. The zero-order chi connectivity index (χ0) is 21.2. The molecule has 29 heavy (non-hydrogen) atoms. The largest absolute Gasteiger partial charge is 0.493 e. The smallest absolute Gasteiger partial charge is 0.261 e. The number of unbranched alkanes of at least 4 members (excludes halogenated alkanes) is 1. The third kappa shape index (κ3) is 7.19. The molecule has 0 aliphatic carbocycles. The van der Waals surface area contributed by atoms with E-state index < -0.39 is 0 Å². The van der Waals surface area contributed by atoms with Crippen LogP contribution >= 0.6 is 12.2 Å². The van der Waals surface area contributed by atoms with E-state index in [0.717, 1.165) is 24.1 Å². The van der Waals surface area contributed by atoms with Gasteiger partial charge < -0.3 is 15.0 Å². The first-order valence-corrected chi connectivity index (χ1v) is 9.94. The summed E-state index contributed by atoms with van der Waals surface area (Å²) in [5.41, 5.74) is 2.07. The summed E-state index contributed by atoms with van der Waals surface area (Å²) >= 11 is 5.25. The predicted octanol–water partition coefficient (Wildman–Crippen LogP) is 3.62. The molecule has 0 spiro atoms. The van der Waals surface area contributed by atoms with E-state index in [4.69, 9.17) is 17.0 Å². The van der Waals surface area contributed by atoms with Crippen LogP contribution in [0.1, 0.15) is 35.7 Å². The second-order valence-electron chi connectivity index (χ2n) is 6.77. The molecule has 7 heteroatoms. The highest BCUT2D eigenvalue weighted by Gasteiger charge is 2.13. The Morgan fingerprint density at radius 1 is 1.07 bits per heavy atom. The van der Waals surface area contributed by atoms with Crippen molar-refractivity contribution in [3.63, 3.8) is 0 Å². The van der Waals surface area contributed by atoms with Crippen LogP contribution in [0.25, 0.3) is 0 Å². The fourth-order valence-electron chi connectivity index (χ4n) is 2.48. The van der Waals surface area contributed by atoms with Gasteiger partial charge in [0.25, 0.3) is 5.91 Å². The number of thiocarbonyl (C=S) groups is 1. The van der Waals surface area contributed by atoms with Gasteiger partial charge >= 0.3 is 0 Å². The topological polar surface area (TPSA) is 70.7 Å². The van der Waals surface area contributed by atoms with Crippen LogP contribution in [0.4, 0.5) is 5.69 Å². The van der Waals surface area contributed by atoms with Gasteiger partial charge in [-0.05, 0) is 48.5 Å². The van der Waals surface area contributed by atoms with E-state index in [1.165, 1.54) is 0 Å². The van der Waals surface area contributed by atoms with Crippen molar-refractivity contribution < 1.29 is 14.3 Å². The second kappa shape index (κ2) is 11.2. The maximum atomic E-state index is 12.6. The SMILES string of the molecule is CCCCOc1ccccc1C(=O)NC(=S)Nc1ccc(CC(=O)N(C)C)cc1. The summed E-state index contributed by atoms with van der Waals surface area (Å²) in [6.45, 7) is 2.64. The van der Waals surface area contributed by atoms with Crippen molar-refractivity contribution in [1.82, 2.24) is 10.2 Å². The third-order valence-electron chi connectivity index (χ3n) is 4.18. The average molecular weight is 414 g/mol. The zero-order valence-electron chi connectivity index (χ0n) is 17.0. The van der Waals surface area contributed by atoms with Gasteiger partial charge in [0, 0.05) is 19.8 Å². The van der Waals surface area contributed by atoms with Crippen LogP contribution in [0.15, 0.2) is 48.5 Å². The number of likely N-dealkylation sites (N-methyl/N-ethyl adjacent to an activating group) is 1. The van der Waals surface area contributed by atoms with E-state index in [-0.39, 0.29) is 16.9 Å². The van der Waals surface area contributed by atoms with Crippen molar-refractivity contribution in [2.24, 2.45) is 0 Å². The molecule has 0 aliphatic rings. The number of hydrogen-bond acceptors (Lipinski definition) is 4. The van der Waals surface area contributed by atoms with Crippen LogP contribution in [0.3, 0.4) is 0 Å². The van der Waals surface area contributed by atoms with Crippen LogP contribution in [0.2, 0.25) is 0 Å². The fraction of sp³-hybridized carbons (Fsp3) is 0.318. The van der Waals surface area contributed by atoms with Crippen molar-refractivity contribution in [2.75, 3.05) is 26.0 Å². The number of para-hydroxylation sites is 1. The number of amides is 2. The first kappa shape index (κ1) is 22.4. The number of nitrogens with zero attached hydrogens (tertiary/aromatic N) is 1. The summed E-state index contributed by atoms with van der Waals surface area (Å²) in [5, 5.41) is 5.85. The predicted molar refractivity (Wildman–Crippen MR) is 119 cm³/mol. The molecule has 0 radical (unpaired) electrons. The highest BCUT2D eigenvalue weighted by atomic mass is 32.1. The standard InChI is InChI=1S/C22H27N3O3S/c1-4-5-14-28-19-9-7-6-8-18(19)21(27)24-22(29)23-17-12-10-16(11-13-17)15-20(26)25(2)3/h6-13H,4-5,14-15H2,1-3H3,(H2,23,24,27,29). The summed E-state index contributed by atoms with van der Waals surface area (Å²) in [6.07, 6.45) is 2.28. The van der Waals surface area contributed by atoms with E-state index >= 15 is 0 Å². The Kier molecular flexibility index (Phi) is 8.61. The van der Waals surface area contributed by atoms with Crippen molar-refractivity contribution in [1.29, 1.82) is 0 Å². The summed E-state index contributed by atoms with van der Waals surface area (Å²) in [5.74, 6) is 0.243. The molecule has 0 fully saturated rings. The highest BCUT2D eigenvalue weighted by molar-refractivity contribution is 7.80. The first-order chi connectivity index (χ1) is 13.9.